The lowest BCUT2D eigenvalue weighted by Crippen LogP contribution is -2.51. The molecule has 162 valence electrons. The Hall–Kier alpha value is -2.58. The van der Waals surface area contributed by atoms with E-state index in [9.17, 15) is 13.2 Å². The Bertz CT molecular complexity index is 970. The van der Waals surface area contributed by atoms with E-state index in [0.717, 1.165) is 5.56 Å². The summed E-state index contributed by atoms with van der Waals surface area (Å²) in [4.78, 5) is 14.9. The highest BCUT2D eigenvalue weighted by Gasteiger charge is 2.34. The summed E-state index contributed by atoms with van der Waals surface area (Å²) in [5.74, 6) is 0.536. The van der Waals surface area contributed by atoms with Crippen LogP contribution in [0.25, 0.3) is 0 Å². The van der Waals surface area contributed by atoms with Crippen LogP contribution in [0, 0.1) is 0 Å². The van der Waals surface area contributed by atoms with Crippen LogP contribution in [-0.2, 0) is 14.8 Å². The third-order valence-electron chi connectivity index (χ3n) is 5.45. The highest BCUT2D eigenvalue weighted by molar-refractivity contribution is 7.89. The molecule has 3 rings (SSSR count). The number of benzene rings is 2. The van der Waals surface area contributed by atoms with Crippen molar-refractivity contribution in [3.05, 3.63) is 54.1 Å². The van der Waals surface area contributed by atoms with Gasteiger partial charge in [0.2, 0.25) is 15.9 Å². The molecule has 0 spiro atoms. The zero-order chi connectivity index (χ0) is 21.7. The van der Waals surface area contributed by atoms with E-state index in [1.54, 1.807) is 17.0 Å². The summed E-state index contributed by atoms with van der Waals surface area (Å²) in [6.45, 7) is 3.17. The summed E-state index contributed by atoms with van der Waals surface area (Å²) in [6, 6.07) is 14.4. The van der Waals surface area contributed by atoms with E-state index in [0.29, 0.717) is 25.3 Å². The molecule has 0 saturated carbocycles. The maximum Gasteiger partial charge on any atom is 0.247 e. The molecule has 2 aromatic carbocycles. The van der Waals surface area contributed by atoms with Gasteiger partial charge in [0.25, 0.3) is 0 Å². The standard InChI is InChI=1S/C22H28N2O5S/c1-4-19(17-8-6-5-7-9-17)22(25)23-12-14-24(15-13-23)30(26,27)21-16-18(28-2)10-11-20(21)29-3/h5-11,16,19H,4,12-15H2,1-3H3. The van der Waals surface area contributed by atoms with Crippen LogP contribution in [0.5, 0.6) is 11.5 Å². The van der Waals surface area contributed by atoms with Crippen molar-refractivity contribution in [2.45, 2.75) is 24.2 Å². The van der Waals surface area contributed by atoms with Crippen molar-refractivity contribution in [1.29, 1.82) is 0 Å². The van der Waals surface area contributed by atoms with Crippen molar-refractivity contribution in [1.82, 2.24) is 9.21 Å². The molecule has 0 bridgehead atoms. The number of rotatable bonds is 7. The van der Waals surface area contributed by atoms with Crippen molar-refractivity contribution in [3.8, 4) is 11.5 Å². The van der Waals surface area contributed by atoms with E-state index >= 15 is 0 Å². The van der Waals surface area contributed by atoms with E-state index in [2.05, 4.69) is 0 Å². The van der Waals surface area contributed by atoms with Gasteiger partial charge in [-0.15, -0.1) is 0 Å². The van der Waals surface area contributed by atoms with E-state index in [4.69, 9.17) is 9.47 Å². The average molecular weight is 433 g/mol. The van der Waals surface area contributed by atoms with Gasteiger partial charge in [-0.25, -0.2) is 8.42 Å². The summed E-state index contributed by atoms with van der Waals surface area (Å²) < 4.78 is 38.2. The van der Waals surface area contributed by atoms with Crippen LogP contribution in [0.1, 0.15) is 24.8 Å². The zero-order valence-corrected chi connectivity index (χ0v) is 18.4. The molecular weight excluding hydrogens is 404 g/mol. The van der Waals surface area contributed by atoms with Gasteiger partial charge in [-0.1, -0.05) is 37.3 Å². The van der Waals surface area contributed by atoms with Crippen LogP contribution in [0.4, 0.5) is 0 Å². The normalized spacial score (nSPS) is 16.2. The lowest BCUT2D eigenvalue weighted by atomic mass is 9.95. The Kier molecular flexibility index (Phi) is 6.99. The Morgan fingerprint density at radius 1 is 1.00 bits per heavy atom. The molecule has 1 fully saturated rings. The van der Waals surface area contributed by atoms with Gasteiger partial charge in [0.05, 0.1) is 20.1 Å². The number of methoxy groups -OCH3 is 2. The number of sulfonamides is 1. The van der Waals surface area contributed by atoms with Crippen LogP contribution in [0.3, 0.4) is 0 Å². The summed E-state index contributed by atoms with van der Waals surface area (Å²) in [5.41, 5.74) is 0.987. The number of hydrogen-bond acceptors (Lipinski definition) is 5. The minimum Gasteiger partial charge on any atom is -0.497 e. The molecule has 1 amide bonds. The molecule has 2 aromatic rings. The molecule has 1 saturated heterocycles. The number of ether oxygens (including phenoxy) is 2. The Labute approximate surface area is 178 Å². The largest absolute Gasteiger partial charge is 0.497 e. The first-order chi connectivity index (χ1) is 14.4. The maximum absolute atomic E-state index is 13.2. The van der Waals surface area contributed by atoms with Crippen molar-refractivity contribution in [2.75, 3.05) is 40.4 Å². The number of carbonyl (C=O) groups excluding carboxylic acids is 1. The van der Waals surface area contributed by atoms with Crippen molar-refractivity contribution in [3.63, 3.8) is 0 Å². The third kappa shape index (κ3) is 4.44. The van der Waals surface area contributed by atoms with E-state index in [-0.39, 0.29) is 35.6 Å². The van der Waals surface area contributed by atoms with Crippen molar-refractivity contribution >= 4 is 15.9 Å². The van der Waals surface area contributed by atoms with Crippen molar-refractivity contribution in [2.24, 2.45) is 0 Å². The molecule has 1 atom stereocenters. The molecule has 7 nitrogen and oxygen atoms in total. The second-order valence-electron chi connectivity index (χ2n) is 7.12. The quantitative estimate of drug-likeness (QED) is 0.672. The second-order valence-corrected chi connectivity index (χ2v) is 9.02. The van der Waals surface area contributed by atoms with E-state index in [1.165, 1.54) is 24.6 Å². The van der Waals surface area contributed by atoms with Gasteiger partial charge in [-0.05, 0) is 24.1 Å². The van der Waals surface area contributed by atoms with Crippen molar-refractivity contribution < 1.29 is 22.7 Å². The fourth-order valence-corrected chi connectivity index (χ4v) is 5.33. The third-order valence-corrected chi connectivity index (χ3v) is 7.37. The predicted octanol–water partition coefficient (Wildman–Crippen LogP) is 2.73. The molecule has 1 aliphatic rings. The summed E-state index contributed by atoms with van der Waals surface area (Å²) >= 11 is 0. The Morgan fingerprint density at radius 2 is 1.67 bits per heavy atom. The number of hydrogen-bond donors (Lipinski definition) is 0. The molecule has 0 aliphatic carbocycles. The molecule has 8 heteroatoms. The van der Waals surface area contributed by atoms with Gasteiger partial charge in [0, 0.05) is 32.2 Å². The number of nitrogens with zero attached hydrogens (tertiary/aromatic N) is 2. The van der Waals surface area contributed by atoms with Crippen LogP contribution in [0.15, 0.2) is 53.4 Å². The SMILES string of the molecule is CCC(C(=O)N1CCN(S(=O)(=O)c2cc(OC)ccc2OC)CC1)c1ccccc1. The van der Waals surface area contributed by atoms with Gasteiger partial charge in [0.15, 0.2) is 0 Å². The molecule has 1 heterocycles. The summed E-state index contributed by atoms with van der Waals surface area (Å²) in [6.07, 6.45) is 0.697. The topological polar surface area (TPSA) is 76.2 Å². The fraction of sp³-hybridized carbons (Fsp3) is 0.409. The maximum atomic E-state index is 13.2. The van der Waals surface area contributed by atoms with Gasteiger partial charge in [-0.3, -0.25) is 4.79 Å². The first kappa shape index (κ1) is 22.1. The molecule has 0 radical (unpaired) electrons. The Balaban J connectivity index is 1.74. The highest BCUT2D eigenvalue weighted by Crippen LogP contribution is 2.31. The minimum atomic E-state index is -3.77. The van der Waals surface area contributed by atoms with Gasteiger partial charge < -0.3 is 14.4 Å². The lowest BCUT2D eigenvalue weighted by Gasteiger charge is -2.36. The molecule has 30 heavy (non-hydrogen) atoms. The van der Waals surface area contributed by atoms with Crippen LogP contribution in [-0.4, -0.2) is 63.9 Å². The molecule has 1 aliphatic heterocycles. The van der Waals surface area contributed by atoms with Crippen LogP contribution >= 0.6 is 0 Å². The monoisotopic (exact) mass is 432 g/mol. The van der Waals surface area contributed by atoms with Gasteiger partial charge in [-0.2, -0.15) is 4.31 Å². The smallest absolute Gasteiger partial charge is 0.247 e. The number of carbonyl (C=O) groups is 1. The summed E-state index contributed by atoms with van der Waals surface area (Å²) in [7, 11) is -0.852. The first-order valence-electron chi connectivity index (χ1n) is 9.98. The molecular formula is C22H28N2O5S. The van der Waals surface area contributed by atoms with Gasteiger partial charge >= 0.3 is 0 Å². The predicted molar refractivity (Wildman–Crippen MR) is 114 cm³/mol. The molecule has 1 unspecified atom stereocenters. The number of piperazine rings is 1. The van der Waals surface area contributed by atoms with E-state index < -0.39 is 10.0 Å². The lowest BCUT2D eigenvalue weighted by molar-refractivity contribution is -0.134. The highest BCUT2D eigenvalue weighted by atomic mass is 32.2. The molecule has 0 aromatic heterocycles. The zero-order valence-electron chi connectivity index (χ0n) is 17.6. The minimum absolute atomic E-state index is 0.0414. The Morgan fingerprint density at radius 3 is 2.23 bits per heavy atom. The second kappa shape index (κ2) is 9.49. The van der Waals surface area contributed by atoms with Gasteiger partial charge in [0.1, 0.15) is 16.4 Å². The fourth-order valence-electron chi connectivity index (χ4n) is 3.73. The first-order valence-corrected chi connectivity index (χ1v) is 11.4. The van der Waals surface area contributed by atoms with Crippen LogP contribution in [0.2, 0.25) is 0 Å². The average Bonchev–Trinajstić information content (AvgIpc) is 2.79. The molecule has 0 N–H and O–H groups in total. The van der Waals surface area contributed by atoms with E-state index in [1.807, 2.05) is 37.3 Å². The van der Waals surface area contributed by atoms with Crippen LogP contribution < -0.4 is 9.47 Å². The summed E-state index contributed by atoms with van der Waals surface area (Å²) in [5, 5.41) is 0. The number of amides is 1.